The molecule has 0 radical (unpaired) electrons. The van der Waals surface area contributed by atoms with Crippen molar-refractivity contribution in [3.8, 4) is 0 Å². The van der Waals surface area contributed by atoms with Crippen molar-refractivity contribution in [2.45, 2.75) is 26.8 Å². The Hall–Kier alpha value is -2.45. The molecule has 1 heterocycles. The molecule has 1 aromatic carbocycles. The highest BCUT2D eigenvalue weighted by Crippen LogP contribution is 2.16. The van der Waals surface area contributed by atoms with E-state index in [9.17, 15) is 14.4 Å². The van der Waals surface area contributed by atoms with Crippen LogP contribution in [0.15, 0.2) is 29.1 Å². The van der Waals surface area contributed by atoms with Crippen LogP contribution in [0.4, 0.5) is 5.69 Å². The number of nitrogens with two attached hydrogens (primary N) is 1. The van der Waals surface area contributed by atoms with Crippen molar-refractivity contribution in [3.05, 3.63) is 50.1 Å². The van der Waals surface area contributed by atoms with Gasteiger partial charge in [0.25, 0.3) is 5.91 Å². The van der Waals surface area contributed by atoms with Gasteiger partial charge >= 0.3 is 4.87 Å². The van der Waals surface area contributed by atoms with Gasteiger partial charge in [-0.2, -0.15) is 0 Å². The summed E-state index contributed by atoms with van der Waals surface area (Å²) in [5.41, 5.74) is 7.08. The van der Waals surface area contributed by atoms with Crippen LogP contribution in [0.3, 0.4) is 0 Å². The van der Waals surface area contributed by atoms with Crippen molar-refractivity contribution in [1.82, 2.24) is 9.88 Å². The van der Waals surface area contributed by atoms with Crippen LogP contribution >= 0.6 is 11.3 Å². The molecule has 2 aromatic rings. The highest BCUT2D eigenvalue weighted by molar-refractivity contribution is 7.09. The molecule has 0 saturated heterocycles. The third-order valence-corrected chi connectivity index (χ3v) is 4.81. The van der Waals surface area contributed by atoms with Crippen LogP contribution in [0.5, 0.6) is 0 Å². The Bertz CT molecular complexity index is 826. The van der Waals surface area contributed by atoms with Gasteiger partial charge in [0.2, 0.25) is 5.91 Å². The van der Waals surface area contributed by atoms with Gasteiger partial charge in [-0.1, -0.05) is 23.5 Å². The van der Waals surface area contributed by atoms with E-state index in [4.69, 9.17) is 5.73 Å². The van der Waals surface area contributed by atoms with E-state index in [-0.39, 0.29) is 23.1 Å². The van der Waals surface area contributed by atoms with Crippen molar-refractivity contribution in [2.75, 3.05) is 18.4 Å². The molecule has 0 saturated carbocycles. The summed E-state index contributed by atoms with van der Waals surface area (Å²) in [7, 11) is 0. The molecular formula is C17H22N4O3S. The zero-order valence-electron chi connectivity index (χ0n) is 14.3. The number of thiazole rings is 1. The summed E-state index contributed by atoms with van der Waals surface area (Å²) in [4.78, 5) is 37.1. The number of nitrogens with one attached hydrogen (secondary N) is 2. The first kappa shape index (κ1) is 18.9. The fourth-order valence-corrected chi connectivity index (χ4v) is 3.20. The predicted octanol–water partition coefficient (Wildman–Crippen LogP) is 1.24. The van der Waals surface area contributed by atoms with Crippen molar-refractivity contribution >= 4 is 28.8 Å². The number of carbonyl (C=O) groups excluding carboxylic acids is 2. The minimum atomic E-state index is -0.290. The SMILES string of the molecule is Cc1sc(=O)n(CCC(=O)Nc2ccccc2C(=O)NCCN)c1C. The molecule has 25 heavy (non-hydrogen) atoms. The number of hydrogen-bond donors (Lipinski definition) is 3. The summed E-state index contributed by atoms with van der Waals surface area (Å²) in [6.07, 6.45) is 0.148. The number of nitrogens with zero attached hydrogens (tertiary/aromatic N) is 1. The van der Waals surface area contributed by atoms with Crippen LogP contribution in [0.25, 0.3) is 0 Å². The highest BCUT2D eigenvalue weighted by Gasteiger charge is 2.14. The Morgan fingerprint density at radius 2 is 1.96 bits per heavy atom. The summed E-state index contributed by atoms with van der Waals surface area (Å²) in [6.45, 7) is 4.76. The van der Waals surface area contributed by atoms with E-state index in [1.165, 1.54) is 11.3 Å². The monoisotopic (exact) mass is 362 g/mol. The molecule has 0 bridgehead atoms. The molecule has 134 valence electrons. The lowest BCUT2D eigenvalue weighted by Crippen LogP contribution is -2.30. The van der Waals surface area contributed by atoms with Crippen molar-refractivity contribution < 1.29 is 9.59 Å². The minimum absolute atomic E-state index is 0.0654. The molecule has 8 heteroatoms. The average Bonchev–Trinajstić information content (AvgIpc) is 2.83. The van der Waals surface area contributed by atoms with Crippen molar-refractivity contribution in [3.63, 3.8) is 0 Å². The van der Waals surface area contributed by atoms with Gasteiger partial charge in [0, 0.05) is 36.6 Å². The molecule has 0 spiro atoms. The number of para-hydroxylation sites is 1. The molecule has 0 aliphatic heterocycles. The second-order valence-electron chi connectivity index (χ2n) is 5.55. The topological polar surface area (TPSA) is 106 Å². The smallest absolute Gasteiger partial charge is 0.307 e. The van der Waals surface area contributed by atoms with Gasteiger partial charge in [-0.05, 0) is 26.0 Å². The van der Waals surface area contributed by atoms with Gasteiger partial charge < -0.3 is 20.9 Å². The van der Waals surface area contributed by atoms with E-state index < -0.39 is 0 Å². The van der Waals surface area contributed by atoms with Crippen LogP contribution in [0, 0.1) is 13.8 Å². The number of aryl methyl sites for hydroxylation is 1. The van der Waals surface area contributed by atoms with E-state index in [2.05, 4.69) is 10.6 Å². The average molecular weight is 362 g/mol. The first-order chi connectivity index (χ1) is 11.9. The molecule has 0 aliphatic rings. The maximum atomic E-state index is 12.2. The fraction of sp³-hybridized carbons (Fsp3) is 0.353. The summed E-state index contributed by atoms with van der Waals surface area (Å²) >= 11 is 1.18. The third kappa shape index (κ3) is 4.77. The Labute approximate surface area is 149 Å². The van der Waals surface area contributed by atoms with E-state index in [1.54, 1.807) is 28.8 Å². The van der Waals surface area contributed by atoms with Crippen LogP contribution in [-0.2, 0) is 11.3 Å². The molecule has 4 N–H and O–H groups in total. The maximum absolute atomic E-state index is 12.2. The van der Waals surface area contributed by atoms with Gasteiger partial charge in [0.15, 0.2) is 0 Å². The quantitative estimate of drug-likeness (QED) is 0.689. The molecule has 2 rings (SSSR count). The molecule has 2 amide bonds. The Morgan fingerprint density at radius 1 is 1.24 bits per heavy atom. The van der Waals surface area contributed by atoms with E-state index in [0.29, 0.717) is 30.9 Å². The lowest BCUT2D eigenvalue weighted by molar-refractivity contribution is -0.116. The van der Waals surface area contributed by atoms with Crippen LogP contribution < -0.4 is 21.2 Å². The number of benzene rings is 1. The first-order valence-corrected chi connectivity index (χ1v) is 8.79. The van der Waals surface area contributed by atoms with Crippen molar-refractivity contribution in [1.29, 1.82) is 0 Å². The molecule has 0 aliphatic carbocycles. The Morgan fingerprint density at radius 3 is 2.60 bits per heavy atom. The lowest BCUT2D eigenvalue weighted by atomic mass is 10.1. The van der Waals surface area contributed by atoms with E-state index in [0.717, 1.165) is 10.6 Å². The second kappa shape index (κ2) is 8.59. The van der Waals surface area contributed by atoms with Gasteiger partial charge in [0.1, 0.15) is 0 Å². The predicted molar refractivity (Wildman–Crippen MR) is 99.1 cm³/mol. The number of amides is 2. The first-order valence-electron chi connectivity index (χ1n) is 7.98. The van der Waals surface area contributed by atoms with Crippen molar-refractivity contribution in [2.24, 2.45) is 5.73 Å². The number of carbonyl (C=O) groups is 2. The Kier molecular flexibility index (Phi) is 6.49. The molecule has 0 atom stereocenters. The number of rotatable bonds is 7. The number of aromatic nitrogens is 1. The van der Waals surface area contributed by atoms with Gasteiger partial charge in [-0.25, -0.2) is 0 Å². The number of hydrogen-bond acceptors (Lipinski definition) is 5. The summed E-state index contributed by atoms with van der Waals surface area (Å²) in [6, 6.07) is 6.77. The number of anilines is 1. The molecule has 7 nitrogen and oxygen atoms in total. The van der Waals surface area contributed by atoms with E-state index >= 15 is 0 Å². The van der Waals surface area contributed by atoms with Gasteiger partial charge in [0.05, 0.1) is 11.3 Å². The molecule has 1 aromatic heterocycles. The second-order valence-corrected chi connectivity index (χ2v) is 6.72. The Balaban J connectivity index is 2.03. The maximum Gasteiger partial charge on any atom is 0.307 e. The standard InChI is InChI=1S/C17H22N4O3S/c1-11-12(2)25-17(24)21(11)10-7-15(22)20-14-6-4-3-5-13(14)16(23)19-9-8-18/h3-6H,7-10,18H2,1-2H3,(H,19,23)(H,20,22). The van der Waals surface area contributed by atoms with E-state index in [1.807, 2.05) is 13.8 Å². The summed E-state index contributed by atoms with van der Waals surface area (Å²) in [5, 5.41) is 5.42. The minimum Gasteiger partial charge on any atom is -0.351 e. The zero-order chi connectivity index (χ0) is 18.4. The largest absolute Gasteiger partial charge is 0.351 e. The normalized spacial score (nSPS) is 10.5. The summed E-state index contributed by atoms with van der Waals surface area (Å²) < 4.78 is 1.60. The van der Waals surface area contributed by atoms with Crippen LogP contribution in [0.2, 0.25) is 0 Å². The van der Waals surface area contributed by atoms with Crippen LogP contribution in [0.1, 0.15) is 27.3 Å². The lowest BCUT2D eigenvalue weighted by Gasteiger charge is -2.11. The molecule has 0 fully saturated rings. The zero-order valence-corrected chi connectivity index (χ0v) is 15.1. The summed E-state index contributed by atoms with van der Waals surface area (Å²) in [5.74, 6) is -0.545. The van der Waals surface area contributed by atoms with Crippen LogP contribution in [-0.4, -0.2) is 29.5 Å². The van der Waals surface area contributed by atoms with Gasteiger partial charge in [-0.15, -0.1) is 0 Å². The molecular weight excluding hydrogens is 340 g/mol. The highest BCUT2D eigenvalue weighted by atomic mass is 32.1. The van der Waals surface area contributed by atoms with Gasteiger partial charge in [-0.3, -0.25) is 14.4 Å². The fourth-order valence-electron chi connectivity index (χ4n) is 2.34. The third-order valence-electron chi connectivity index (χ3n) is 3.81. The molecule has 0 unspecified atom stereocenters.